The van der Waals surface area contributed by atoms with E-state index in [1.807, 2.05) is 24.3 Å². The topological polar surface area (TPSA) is 61.8 Å². The van der Waals surface area contributed by atoms with Crippen LogP contribution in [0.4, 0.5) is 10.5 Å². The number of nitrogens with zero attached hydrogens (tertiary/aromatic N) is 1. The number of anilines is 1. The van der Waals surface area contributed by atoms with Crippen molar-refractivity contribution in [2.75, 3.05) is 11.9 Å². The van der Waals surface area contributed by atoms with Gasteiger partial charge in [0.25, 0.3) is 0 Å². The van der Waals surface area contributed by atoms with E-state index in [2.05, 4.69) is 5.32 Å². The zero-order chi connectivity index (χ0) is 17.9. The van der Waals surface area contributed by atoms with Crippen molar-refractivity contribution in [1.82, 2.24) is 4.90 Å². The molecule has 5 nitrogen and oxygen atoms in total. The molecule has 5 heteroatoms. The van der Waals surface area contributed by atoms with E-state index in [0.717, 1.165) is 24.1 Å². The number of benzene rings is 1. The molecule has 1 atom stereocenters. The van der Waals surface area contributed by atoms with E-state index in [-0.39, 0.29) is 12.1 Å². The summed E-state index contributed by atoms with van der Waals surface area (Å²) in [4.78, 5) is 14.3. The quantitative estimate of drug-likeness (QED) is 0.849. The third kappa shape index (κ3) is 4.73. The molecule has 0 spiro atoms. The molecule has 2 N–H and O–H groups in total. The fourth-order valence-corrected chi connectivity index (χ4v) is 3.89. The van der Waals surface area contributed by atoms with Crippen LogP contribution in [0.5, 0.6) is 0 Å². The molecule has 1 aromatic rings. The lowest BCUT2D eigenvalue weighted by atomic mass is 9.97. The molecule has 1 saturated carbocycles. The first-order valence-corrected chi connectivity index (χ1v) is 9.44. The Morgan fingerprint density at radius 1 is 1.20 bits per heavy atom. The molecule has 0 bridgehead atoms. The van der Waals surface area contributed by atoms with E-state index >= 15 is 0 Å². The van der Waals surface area contributed by atoms with Crippen LogP contribution in [0.3, 0.4) is 0 Å². The largest absolute Gasteiger partial charge is 0.388 e. The van der Waals surface area contributed by atoms with Crippen LogP contribution in [-0.4, -0.2) is 40.3 Å². The lowest BCUT2D eigenvalue weighted by Gasteiger charge is -2.33. The van der Waals surface area contributed by atoms with Gasteiger partial charge in [-0.05, 0) is 57.2 Å². The molecule has 1 unspecified atom stereocenters. The number of hydrogen-bond acceptors (Lipinski definition) is 3. The van der Waals surface area contributed by atoms with Gasteiger partial charge in [0.2, 0.25) is 0 Å². The lowest BCUT2D eigenvalue weighted by Crippen LogP contribution is -2.49. The number of carbonyl (C=O) groups is 1. The maximum Gasteiger partial charge on any atom is 0.322 e. The molecule has 3 rings (SSSR count). The first-order chi connectivity index (χ1) is 11.9. The second-order valence-corrected chi connectivity index (χ2v) is 7.85. The molecular formula is C20H30N2O3. The maximum atomic E-state index is 12.5. The van der Waals surface area contributed by atoms with Gasteiger partial charge in [-0.2, -0.15) is 0 Å². The average Bonchev–Trinajstić information content (AvgIpc) is 3.25. The number of likely N-dealkylation sites (tertiary alicyclic amines) is 1. The second kappa shape index (κ2) is 7.75. The highest BCUT2D eigenvalue weighted by Gasteiger charge is 2.38. The van der Waals surface area contributed by atoms with Gasteiger partial charge in [0.05, 0.1) is 24.4 Å². The van der Waals surface area contributed by atoms with Crippen molar-refractivity contribution in [3.05, 3.63) is 29.8 Å². The van der Waals surface area contributed by atoms with Crippen molar-refractivity contribution in [1.29, 1.82) is 0 Å². The van der Waals surface area contributed by atoms with Crippen LogP contribution in [-0.2, 0) is 11.3 Å². The van der Waals surface area contributed by atoms with Crippen molar-refractivity contribution in [2.24, 2.45) is 0 Å². The van der Waals surface area contributed by atoms with Crippen LogP contribution in [0.2, 0.25) is 0 Å². The fraction of sp³-hybridized carbons (Fsp3) is 0.650. The molecule has 1 aromatic carbocycles. The third-order valence-electron chi connectivity index (χ3n) is 5.32. The van der Waals surface area contributed by atoms with E-state index in [9.17, 15) is 9.90 Å². The third-order valence-corrected chi connectivity index (χ3v) is 5.32. The van der Waals surface area contributed by atoms with E-state index in [1.54, 1.807) is 18.7 Å². The Kier molecular flexibility index (Phi) is 5.64. The smallest absolute Gasteiger partial charge is 0.322 e. The number of ether oxygens (including phenoxy) is 1. The molecule has 1 heterocycles. The SMILES string of the molecule is CC(C)(O)C1CCCN1C(=O)Nc1ccc(COC2CCCC2)cc1. The highest BCUT2D eigenvalue weighted by Crippen LogP contribution is 2.27. The summed E-state index contributed by atoms with van der Waals surface area (Å²) in [6.45, 7) is 4.85. The zero-order valence-electron chi connectivity index (χ0n) is 15.3. The van der Waals surface area contributed by atoms with Crippen LogP contribution in [0.25, 0.3) is 0 Å². The Bertz CT molecular complexity index is 574. The Morgan fingerprint density at radius 2 is 1.88 bits per heavy atom. The molecule has 25 heavy (non-hydrogen) atoms. The molecule has 2 aliphatic rings. The van der Waals surface area contributed by atoms with Gasteiger partial charge in [-0.3, -0.25) is 0 Å². The van der Waals surface area contributed by atoms with E-state index in [4.69, 9.17) is 4.74 Å². The van der Waals surface area contributed by atoms with Crippen LogP contribution in [0.15, 0.2) is 24.3 Å². The molecule has 1 saturated heterocycles. The maximum absolute atomic E-state index is 12.5. The molecule has 2 fully saturated rings. The van der Waals surface area contributed by atoms with E-state index in [1.165, 1.54) is 25.7 Å². The second-order valence-electron chi connectivity index (χ2n) is 7.85. The Hall–Kier alpha value is -1.59. The molecular weight excluding hydrogens is 316 g/mol. The normalized spacial score (nSPS) is 21.7. The summed E-state index contributed by atoms with van der Waals surface area (Å²) in [5.74, 6) is 0. The number of urea groups is 1. The molecule has 1 aliphatic heterocycles. The van der Waals surface area contributed by atoms with Crippen molar-refractivity contribution in [3.63, 3.8) is 0 Å². The summed E-state index contributed by atoms with van der Waals surface area (Å²) in [5.41, 5.74) is 1.02. The highest BCUT2D eigenvalue weighted by atomic mass is 16.5. The predicted molar refractivity (Wildman–Crippen MR) is 98.5 cm³/mol. The monoisotopic (exact) mass is 346 g/mol. The number of amides is 2. The highest BCUT2D eigenvalue weighted by molar-refractivity contribution is 5.89. The molecule has 0 radical (unpaired) electrons. The van der Waals surface area contributed by atoms with Crippen LogP contribution in [0, 0.1) is 0 Å². The predicted octanol–water partition coefficient (Wildman–Crippen LogP) is 3.91. The van der Waals surface area contributed by atoms with Crippen LogP contribution < -0.4 is 5.32 Å². The van der Waals surface area contributed by atoms with Crippen molar-refractivity contribution in [2.45, 2.75) is 76.7 Å². The van der Waals surface area contributed by atoms with Gasteiger partial charge in [0.15, 0.2) is 0 Å². The summed E-state index contributed by atoms with van der Waals surface area (Å²) in [6.07, 6.45) is 7.08. The number of rotatable bonds is 5. The molecule has 2 amide bonds. The average molecular weight is 346 g/mol. The van der Waals surface area contributed by atoms with Crippen LogP contribution in [0.1, 0.15) is 57.9 Å². The Labute approximate surface area is 150 Å². The number of nitrogens with one attached hydrogen (secondary N) is 1. The zero-order valence-corrected chi connectivity index (χ0v) is 15.3. The first-order valence-electron chi connectivity index (χ1n) is 9.44. The van der Waals surface area contributed by atoms with Gasteiger partial charge in [0, 0.05) is 12.2 Å². The minimum Gasteiger partial charge on any atom is -0.388 e. The molecule has 0 aromatic heterocycles. The molecule has 138 valence electrons. The first kappa shape index (κ1) is 18.2. The van der Waals surface area contributed by atoms with Crippen molar-refractivity contribution in [3.8, 4) is 0 Å². The fourth-order valence-electron chi connectivity index (χ4n) is 3.89. The standard InChI is InChI=1S/C20H30N2O3/c1-20(2,24)18-8-5-13-22(18)19(23)21-16-11-9-15(10-12-16)14-25-17-6-3-4-7-17/h9-12,17-18,24H,3-8,13-14H2,1-2H3,(H,21,23). The van der Waals surface area contributed by atoms with Gasteiger partial charge in [-0.25, -0.2) is 4.79 Å². The van der Waals surface area contributed by atoms with E-state index < -0.39 is 5.60 Å². The van der Waals surface area contributed by atoms with E-state index in [0.29, 0.717) is 19.3 Å². The summed E-state index contributed by atoms with van der Waals surface area (Å²) in [5, 5.41) is 13.2. The van der Waals surface area contributed by atoms with Gasteiger partial charge in [0.1, 0.15) is 0 Å². The van der Waals surface area contributed by atoms with Crippen molar-refractivity contribution >= 4 is 11.7 Å². The molecule has 1 aliphatic carbocycles. The summed E-state index contributed by atoms with van der Waals surface area (Å²) < 4.78 is 5.92. The number of aliphatic hydroxyl groups is 1. The van der Waals surface area contributed by atoms with Gasteiger partial charge in [-0.15, -0.1) is 0 Å². The van der Waals surface area contributed by atoms with Crippen molar-refractivity contribution < 1.29 is 14.6 Å². The Morgan fingerprint density at radius 3 is 2.52 bits per heavy atom. The summed E-state index contributed by atoms with van der Waals surface area (Å²) in [7, 11) is 0. The Balaban J connectivity index is 1.53. The summed E-state index contributed by atoms with van der Waals surface area (Å²) >= 11 is 0. The minimum absolute atomic E-state index is 0.133. The van der Waals surface area contributed by atoms with Crippen LogP contribution >= 0.6 is 0 Å². The van der Waals surface area contributed by atoms with Gasteiger partial charge >= 0.3 is 6.03 Å². The van der Waals surface area contributed by atoms with Gasteiger partial charge < -0.3 is 20.1 Å². The summed E-state index contributed by atoms with van der Waals surface area (Å²) in [6, 6.07) is 7.57. The number of hydrogen-bond donors (Lipinski definition) is 2. The minimum atomic E-state index is -0.880. The van der Waals surface area contributed by atoms with Gasteiger partial charge in [-0.1, -0.05) is 25.0 Å². The number of carbonyl (C=O) groups excluding carboxylic acids is 1. The lowest BCUT2D eigenvalue weighted by molar-refractivity contribution is 0.0117.